The van der Waals surface area contributed by atoms with Crippen molar-refractivity contribution in [2.24, 2.45) is 5.73 Å². The summed E-state index contributed by atoms with van der Waals surface area (Å²) in [5.41, 5.74) is 6.77. The van der Waals surface area contributed by atoms with Crippen LogP contribution in [0.3, 0.4) is 0 Å². The van der Waals surface area contributed by atoms with Crippen LogP contribution >= 0.6 is 15.9 Å². The minimum absolute atomic E-state index is 0.378. The van der Waals surface area contributed by atoms with Crippen molar-refractivity contribution in [3.63, 3.8) is 0 Å². The Hall–Kier alpha value is -0.380. The minimum atomic E-state index is 0.378. The molecular weight excluding hydrogens is 228 g/mol. The van der Waals surface area contributed by atoms with Gasteiger partial charge in [-0.05, 0) is 24.6 Å². The molecule has 1 unspecified atom stereocenters. The van der Waals surface area contributed by atoms with Crippen molar-refractivity contribution in [3.8, 4) is 0 Å². The number of nitrogens with two attached hydrogens (primary N) is 1. The SMILES string of the molecule is CC(CN)NCc1ccc(Br)cc1. The maximum Gasteiger partial charge on any atom is 0.0208 e. The summed E-state index contributed by atoms with van der Waals surface area (Å²) in [7, 11) is 0. The van der Waals surface area contributed by atoms with Crippen molar-refractivity contribution in [2.45, 2.75) is 19.5 Å². The topological polar surface area (TPSA) is 38.0 Å². The first-order valence-corrected chi connectivity index (χ1v) is 5.19. The van der Waals surface area contributed by atoms with Gasteiger partial charge in [0, 0.05) is 23.6 Å². The molecule has 13 heavy (non-hydrogen) atoms. The fourth-order valence-electron chi connectivity index (χ4n) is 0.978. The van der Waals surface area contributed by atoms with Gasteiger partial charge in [-0.2, -0.15) is 0 Å². The van der Waals surface area contributed by atoms with E-state index in [1.54, 1.807) is 0 Å². The summed E-state index contributed by atoms with van der Waals surface area (Å²) in [4.78, 5) is 0. The molecule has 72 valence electrons. The lowest BCUT2D eigenvalue weighted by molar-refractivity contribution is 0.556. The fourth-order valence-corrected chi connectivity index (χ4v) is 1.24. The smallest absolute Gasteiger partial charge is 0.0208 e. The third kappa shape index (κ3) is 3.89. The van der Waals surface area contributed by atoms with E-state index >= 15 is 0 Å². The monoisotopic (exact) mass is 242 g/mol. The van der Waals surface area contributed by atoms with Gasteiger partial charge in [-0.15, -0.1) is 0 Å². The zero-order valence-electron chi connectivity index (χ0n) is 7.76. The quantitative estimate of drug-likeness (QED) is 0.847. The van der Waals surface area contributed by atoms with Gasteiger partial charge < -0.3 is 11.1 Å². The second-order valence-electron chi connectivity index (χ2n) is 3.14. The average molecular weight is 243 g/mol. The van der Waals surface area contributed by atoms with Gasteiger partial charge in [0.1, 0.15) is 0 Å². The molecular formula is C10H15BrN2. The van der Waals surface area contributed by atoms with Gasteiger partial charge in [0.2, 0.25) is 0 Å². The van der Waals surface area contributed by atoms with E-state index in [4.69, 9.17) is 5.73 Å². The van der Waals surface area contributed by atoms with Gasteiger partial charge in [0.15, 0.2) is 0 Å². The number of hydrogen-bond donors (Lipinski definition) is 2. The second-order valence-corrected chi connectivity index (χ2v) is 4.06. The molecule has 1 atom stereocenters. The number of rotatable bonds is 4. The third-order valence-electron chi connectivity index (χ3n) is 1.92. The van der Waals surface area contributed by atoms with Crippen LogP contribution in [0.4, 0.5) is 0 Å². The summed E-state index contributed by atoms with van der Waals surface area (Å²) in [5.74, 6) is 0. The van der Waals surface area contributed by atoms with Crippen molar-refractivity contribution in [3.05, 3.63) is 34.3 Å². The van der Waals surface area contributed by atoms with Gasteiger partial charge in [-0.25, -0.2) is 0 Å². The number of benzene rings is 1. The third-order valence-corrected chi connectivity index (χ3v) is 2.45. The molecule has 1 aromatic carbocycles. The number of hydrogen-bond acceptors (Lipinski definition) is 2. The van der Waals surface area contributed by atoms with Gasteiger partial charge in [0.25, 0.3) is 0 Å². The maximum atomic E-state index is 5.49. The summed E-state index contributed by atoms with van der Waals surface area (Å²) < 4.78 is 1.11. The Labute approximate surface area is 87.6 Å². The van der Waals surface area contributed by atoms with Crippen LogP contribution in [0.5, 0.6) is 0 Å². The van der Waals surface area contributed by atoms with Crippen LogP contribution < -0.4 is 11.1 Å². The molecule has 0 radical (unpaired) electrons. The minimum Gasteiger partial charge on any atom is -0.329 e. The highest BCUT2D eigenvalue weighted by molar-refractivity contribution is 9.10. The summed E-state index contributed by atoms with van der Waals surface area (Å²) in [5, 5.41) is 3.33. The lowest BCUT2D eigenvalue weighted by Crippen LogP contribution is -2.32. The van der Waals surface area contributed by atoms with Crippen LogP contribution in [0.1, 0.15) is 12.5 Å². The molecule has 0 aliphatic heterocycles. The van der Waals surface area contributed by atoms with Crippen LogP contribution in [0.25, 0.3) is 0 Å². The molecule has 0 spiro atoms. The van der Waals surface area contributed by atoms with Crippen LogP contribution in [0.15, 0.2) is 28.7 Å². The zero-order chi connectivity index (χ0) is 9.68. The molecule has 3 N–H and O–H groups in total. The standard InChI is InChI=1S/C10H15BrN2/c1-8(6-12)13-7-9-2-4-10(11)5-3-9/h2-5,8,13H,6-7,12H2,1H3. The molecule has 0 saturated carbocycles. The molecule has 1 rings (SSSR count). The predicted molar refractivity (Wildman–Crippen MR) is 59.5 cm³/mol. The Morgan fingerprint density at radius 2 is 2.00 bits per heavy atom. The highest BCUT2D eigenvalue weighted by atomic mass is 79.9. The van der Waals surface area contributed by atoms with Crippen molar-refractivity contribution < 1.29 is 0 Å². The van der Waals surface area contributed by atoms with Gasteiger partial charge in [-0.3, -0.25) is 0 Å². The molecule has 0 fully saturated rings. The summed E-state index contributed by atoms with van der Waals surface area (Å²) in [6, 6.07) is 8.66. The molecule has 2 nitrogen and oxygen atoms in total. The van der Waals surface area contributed by atoms with E-state index in [1.807, 2.05) is 12.1 Å². The summed E-state index contributed by atoms with van der Waals surface area (Å²) in [6.45, 7) is 3.64. The fraction of sp³-hybridized carbons (Fsp3) is 0.400. The molecule has 3 heteroatoms. The van der Waals surface area contributed by atoms with Crippen LogP contribution in [0.2, 0.25) is 0 Å². The predicted octanol–water partition coefficient (Wildman–Crippen LogP) is 1.89. The molecule has 0 aromatic heterocycles. The van der Waals surface area contributed by atoms with E-state index in [-0.39, 0.29) is 0 Å². The normalized spacial score (nSPS) is 12.8. The van der Waals surface area contributed by atoms with E-state index in [0.717, 1.165) is 11.0 Å². The number of halogens is 1. The van der Waals surface area contributed by atoms with Gasteiger partial charge in [0.05, 0.1) is 0 Å². The molecule has 0 heterocycles. The van der Waals surface area contributed by atoms with E-state index in [1.165, 1.54) is 5.56 Å². The maximum absolute atomic E-state index is 5.49. The van der Waals surface area contributed by atoms with Crippen molar-refractivity contribution >= 4 is 15.9 Å². The van der Waals surface area contributed by atoms with Crippen molar-refractivity contribution in [2.75, 3.05) is 6.54 Å². The van der Waals surface area contributed by atoms with Crippen LogP contribution in [0, 0.1) is 0 Å². The highest BCUT2D eigenvalue weighted by Crippen LogP contribution is 2.10. The molecule has 0 saturated heterocycles. The molecule has 0 amide bonds. The lowest BCUT2D eigenvalue weighted by Gasteiger charge is -2.10. The molecule has 1 aromatic rings. The van der Waals surface area contributed by atoms with Gasteiger partial charge >= 0.3 is 0 Å². The molecule has 0 bridgehead atoms. The average Bonchev–Trinajstić information content (AvgIpc) is 2.16. The summed E-state index contributed by atoms with van der Waals surface area (Å²) >= 11 is 3.40. The first kappa shape index (κ1) is 10.7. The van der Waals surface area contributed by atoms with E-state index in [0.29, 0.717) is 12.6 Å². The van der Waals surface area contributed by atoms with E-state index in [9.17, 15) is 0 Å². The van der Waals surface area contributed by atoms with Crippen LogP contribution in [-0.4, -0.2) is 12.6 Å². The summed E-state index contributed by atoms with van der Waals surface area (Å²) in [6.07, 6.45) is 0. The Morgan fingerprint density at radius 1 is 1.38 bits per heavy atom. The van der Waals surface area contributed by atoms with Crippen molar-refractivity contribution in [1.82, 2.24) is 5.32 Å². The second kappa shape index (κ2) is 5.37. The Bertz CT molecular complexity index is 246. The largest absolute Gasteiger partial charge is 0.329 e. The molecule has 0 aliphatic carbocycles. The first-order valence-electron chi connectivity index (χ1n) is 4.40. The lowest BCUT2D eigenvalue weighted by atomic mass is 10.2. The molecule has 0 aliphatic rings. The van der Waals surface area contributed by atoms with Crippen molar-refractivity contribution in [1.29, 1.82) is 0 Å². The Kier molecular flexibility index (Phi) is 4.42. The van der Waals surface area contributed by atoms with E-state index in [2.05, 4.69) is 40.3 Å². The Morgan fingerprint density at radius 3 is 2.54 bits per heavy atom. The van der Waals surface area contributed by atoms with Gasteiger partial charge in [-0.1, -0.05) is 28.1 Å². The highest BCUT2D eigenvalue weighted by Gasteiger charge is 1.97. The van der Waals surface area contributed by atoms with E-state index < -0.39 is 0 Å². The number of nitrogens with one attached hydrogen (secondary N) is 1. The van der Waals surface area contributed by atoms with Crippen LogP contribution in [-0.2, 0) is 6.54 Å². The zero-order valence-corrected chi connectivity index (χ0v) is 9.34. The first-order chi connectivity index (χ1) is 6.22. The Balaban J connectivity index is 2.41.